The molecule has 1 aliphatic rings. The third kappa shape index (κ3) is 3.72. The summed E-state index contributed by atoms with van der Waals surface area (Å²) in [5.74, 6) is -0.422. The topological polar surface area (TPSA) is 75.3 Å². The van der Waals surface area contributed by atoms with Gasteiger partial charge < -0.3 is 9.72 Å². The molecule has 1 N–H and O–H groups in total. The number of benzene rings is 1. The normalized spacial score (nSPS) is 17.6. The first-order chi connectivity index (χ1) is 14.0. The summed E-state index contributed by atoms with van der Waals surface area (Å²) in [4.78, 5) is 35.3. The Hall–Kier alpha value is -2.51. The van der Waals surface area contributed by atoms with Crippen molar-refractivity contribution >= 4 is 33.3 Å². The number of fused-ring (bicyclic) bond motifs is 1. The Morgan fingerprint density at radius 2 is 2.07 bits per heavy atom. The van der Waals surface area contributed by atoms with Crippen LogP contribution in [0, 0.1) is 13.8 Å². The van der Waals surface area contributed by atoms with Crippen LogP contribution in [0.4, 0.5) is 0 Å². The van der Waals surface area contributed by atoms with Crippen molar-refractivity contribution in [3.63, 3.8) is 0 Å². The minimum absolute atomic E-state index is 0.00577. The predicted octanol–water partition coefficient (Wildman–Crippen LogP) is 4.44. The van der Waals surface area contributed by atoms with Crippen molar-refractivity contribution in [3.8, 4) is 0 Å². The number of aryl methyl sites for hydroxylation is 1. The van der Waals surface area contributed by atoms with Crippen molar-refractivity contribution in [1.29, 1.82) is 0 Å². The number of aromatic nitrogens is 2. The van der Waals surface area contributed by atoms with Gasteiger partial charge in [0.05, 0.1) is 41.2 Å². The number of thiazole rings is 1. The Kier molecular flexibility index (Phi) is 5.52. The summed E-state index contributed by atoms with van der Waals surface area (Å²) in [7, 11) is 1.35. The molecule has 1 atom stereocenters. The van der Waals surface area contributed by atoms with Crippen molar-refractivity contribution in [2.75, 3.05) is 20.2 Å². The van der Waals surface area contributed by atoms with Crippen LogP contribution in [0.2, 0.25) is 0 Å². The number of hydrogen-bond donors (Lipinski definition) is 1. The molecule has 1 aromatic carbocycles. The summed E-state index contributed by atoms with van der Waals surface area (Å²) in [5, 5.41) is 1.08. The fourth-order valence-electron chi connectivity index (χ4n) is 4.19. The van der Waals surface area contributed by atoms with Gasteiger partial charge in [-0.1, -0.05) is 18.6 Å². The molecular formula is C22H25N3O3S. The summed E-state index contributed by atoms with van der Waals surface area (Å²) in [6, 6.07) is 8.31. The van der Waals surface area contributed by atoms with Gasteiger partial charge in [-0.25, -0.2) is 9.78 Å². The van der Waals surface area contributed by atoms with Gasteiger partial charge in [-0.3, -0.25) is 9.69 Å². The number of likely N-dealkylation sites (tertiary alicyclic amines) is 1. The Balaban J connectivity index is 1.58. The van der Waals surface area contributed by atoms with Crippen molar-refractivity contribution in [3.05, 3.63) is 51.8 Å². The van der Waals surface area contributed by atoms with Gasteiger partial charge in [-0.15, -0.1) is 11.3 Å². The second kappa shape index (κ2) is 8.08. The number of ketones is 1. The number of carbonyl (C=O) groups is 2. The number of aromatic amines is 1. The lowest BCUT2D eigenvalue weighted by molar-refractivity contribution is 0.0599. The number of piperidine rings is 1. The number of rotatable bonds is 5. The van der Waals surface area contributed by atoms with E-state index in [0.717, 1.165) is 36.3 Å². The van der Waals surface area contributed by atoms with E-state index in [2.05, 4.69) is 16.0 Å². The molecule has 3 aromatic rings. The first-order valence-corrected chi connectivity index (χ1v) is 10.7. The minimum atomic E-state index is -0.416. The SMILES string of the molecule is COC(=O)c1c(C)[nH]c(C(=O)CN2CCCC[C@@H]2c2nc3ccccc3s2)c1C. The van der Waals surface area contributed by atoms with Crippen molar-refractivity contribution in [2.45, 2.75) is 39.2 Å². The Morgan fingerprint density at radius 1 is 1.28 bits per heavy atom. The Labute approximate surface area is 173 Å². The van der Waals surface area contributed by atoms with E-state index >= 15 is 0 Å². The zero-order chi connectivity index (χ0) is 20.5. The molecule has 1 saturated heterocycles. The lowest BCUT2D eigenvalue weighted by Crippen LogP contribution is -2.37. The van der Waals surface area contributed by atoms with E-state index < -0.39 is 5.97 Å². The Bertz CT molecular complexity index is 1040. The van der Waals surface area contributed by atoms with Gasteiger partial charge in [0.15, 0.2) is 5.78 Å². The highest BCUT2D eigenvalue weighted by molar-refractivity contribution is 7.18. The van der Waals surface area contributed by atoms with Gasteiger partial charge >= 0.3 is 5.97 Å². The number of hydrogen-bond acceptors (Lipinski definition) is 6. The number of para-hydroxylation sites is 1. The molecule has 1 aliphatic heterocycles. The number of H-pyrrole nitrogens is 1. The fourth-order valence-corrected chi connectivity index (χ4v) is 5.33. The van der Waals surface area contributed by atoms with Crippen LogP contribution >= 0.6 is 11.3 Å². The summed E-state index contributed by atoms with van der Waals surface area (Å²) in [5.41, 5.74) is 3.30. The average molecular weight is 412 g/mol. The highest BCUT2D eigenvalue weighted by atomic mass is 32.1. The van der Waals surface area contributed by atoms with E-state index in [1.807, 2.05) is 18.2 Å². The van der Waals surface area contributed by atoms with Crippen molar-refractivity contribution in [1.82, 2.24) is 14.9 Å². The minimum Gasteiger partial charge on any atom is -0.465 e. The zero-order valence-electron chi connectivity index (χ0n) is 16.9. The maximum atomic E-state index is 13.1. The molecule has 0 saturated carbocycles. The van der Waals surface area contributed by atoms with Crippen LogP contribution in [0.5, 0.6) is 0 Å². The van der Waals surface area contributed by atoms with Gasteiger partial charge in [-0.2, -0.15) is 0 Å². The van der Waals surface area contributed by atoms with E-state index in [1.54, 1.807) is 25.2 Å². The number of carbonyl (C=O) groups excluding carboxylic acids is 2. The molecule has 0 radical (unpaired) electrons. The largest absolute Gasteiger partial charge is 0.465 e. The smallest absolute Gasteiger partial charge is 0.339 e. The predicted molar refractivity (Wildman–Crippen MR) is 114 cm³/mol. The van der Waals surface area contributed by atoms with Gasteiger partial charge in [-0.05, 0) is 50.9 Å². The Morgan fingerprint density at radius 3 is 2.83 bits per heavy atom. The molecule has 1 fully saturated rings. The molecule has 0 unspecified atom stereocenters. The molecule has 7 heteroatoms. The lowest BCUT2D eigenvalue weighted by Gasteiger charge is -2.33. The third-order valence-corrected chi connectivity index (χ3v) is 6.80. The van der Waals surface area contributed by atoms with E-state index in [9.17, 15) is 9.59 Å². The second-order valence-electron chi connectivity index (χ2n) is 7.54. The van der Waals surface area contributed by atoms with Crippen LogP contribution in [0.1, 0.15) is 62.4 Å². The summed E-state index contributed by atoms with van der Waals surface area (Å²) >= 11 is 1.71. The van der Waals surface area contributed by atoms with Gasteiger partial charge in [0.25, 0.3) is 0 Å². The molecule has 2 aromatic heterocycles. The fraction of sp³-hybridized carbons (Fsp3) is 0.409. The van der Waals surface area contributed by atoms with Gasteiger partial charge in [0.1, 0.15) is 5.01 Å². The monoisotopic (exact) mass is 411 g/mol. The van der Waals surface area contributed by atoms with Crippen molar-refractivity contribution in [2.24, 2.45) is 0 Å². The number of nitrogens with zero attached hydrogens (tertiary/aromatic N) is 2. The molecule has 0 spiro atoms. The molecule has 29 heavy (non-hydrogen) atoms. The van der Waals surface area contributed by atoms with Crippen LogP contribution in [0.25, 0.3) is 10.2 Å². The summed E-state index contributed by atoms with van der Waals surface area (Å²) < 4.78 is 6.04. The van der Waals surface area contributed by atoms with Crippen molar-refractivity contribution < 1.29 is 14.3 Å². The maximum absolute atomic E-state index is 13.1. The molecule has 0 amide bonds. The first-order valence-electron chi connectivity index (χ1n) is 9.89. The highest BCUT2D eigenvalue weighted by Crippen LogP contribution is 2.35. The van der Waals surface area contributed by atoms with Crippen LogP contribution in [0.3, 0.4) is 0 Å². The third-order valence-electron chi connectivity index (χ3n) is 5.66. The quantitative estimate of drug-likeness (QED) is 0.496. The molecule has 3 heterocycles. The van der Waals surface area contributed by atoms with Crippen LogP contribution < -0.4 is 0 Å². The number of Topliss-reactive ketones (excluding diaryl/α,β-unsaturated/α-hetero) is 1. The summed E-state index contributed by atoms with van der Waals surface area (Å²) in [6.45, 7) is 4.77. The zero-order valence-corrected chi connectivity index (χ0v) is 17.8. The van der Waals surface area contributed by atoms with Crippen LogP contribution in [0.15, 0.2) is 24.3 Å². The van der Waals surface area contributed by atoms with Crippen LogP contribution in [-0.4, -0.2) is 46.8 Å². The molecule has 6 nitrogen and oxygen atoms in total. The maximum Gasteiger partial charge on any atom is 0.339 e. The summed E-state index contributed by atoms with van der Waals surface area (Å²) in [6.07, 6.45) is 3.21. The standard InChI is InChI=1S/C22H25N3O3S/c1-13-19(22(27)28-3)14(2)23-20(13)17(26)12-25-11-7-6-9-16(25)21-24-15-8-4-5-10-18(15)29-21/h4-5,8,10,16,23H,6-7,9,11-12H2,1-3H3/t16-/m1/s1. The van der Waals surface area contributed by atoms with Gasteiger partial charge in [0.2, 0.25) is 0 Å². The van der Waals surface area contributed by atoms with E-state index in [0.29, 0.717) is 29.1 Å². The van der Waals surface area contributed by atoms with E-state index in [-0.39, 0.29) is 11.8 Å². The molecule has 152 valence electrons. The molecule has 0 aliphatic carbocycles. The van der Waals surface area contributed by atoms with Gasteiger partial charge in [0, 0.05) is 5.69 Å². The number of nitrogens with one attached hydrogen (secondary N) is 1. The van der Waals surface area contributed by atoms with E-state index in [1.165, 1.54) is 11.8 Å². The number of ether oxygens (including phenoxy) is 1. The molecule has 4 rings (SSSR count). The number of esters is 1. The first kappa shape index (κ1) is 19.8. The second-order valence-corrected chi connectivity index (χ2v) is 8.60. The number of methoxy groups -OCH3 is 1. The molecular weight excluding hydrogens is 386 g/mol. The average Bonchev–Trinajstić information content (AvgIpc) is 3.28. The lowest BCUT2D eigenvalue weighted by atomic mass is 10.0. The van der Waals surface area contributed by atoms with Crippen LogP contribution in [-0.2, 0) is 4.74 Å². The highest BCUT2D eigenvalue weighted by Gasteiger charge is 2.30. The van der Waals surface area contributed by atoms with E-state index in [4.69, 9.17) is 9.72 Å². The molecule has 0 bridgehead atoms.